The van der Waals surface area contributed by atoms with Crippen LogP contribution in [-0.4, -0.2) is 11.1 Å². The van der Waals surface area contributed by atoms with Crippen molar-refractivity contribution in [2.24, 2.45) is 5.10 Å². The summed E-state index contributed by atoms with van der Waals surface area (Å²) in [5, 5.41) is 26.6. The monoisotopic (exact) mass is 304 g/mol. The fraction of sp³-hybridized carbons (Fsp3) is 0.0714. The second-order valence-corrected chi connectivity index (χ2v) is 4.77. The molecule has 0 aliphatic heterocycles. The van der Waals surface area contributed by atoms with Gasteiger partial charge in [0, 0.05) is 11.1 Å². The number of nitrogens with one attached hydrogen (secondary N) is 1. The maximum absolute atomic E-state index is 11.8. The van der Waals surface area contributed by atoms with Crippen molar-refractivity contribution in [3.8, 4) is 5.75 Å². The van der Waals surface area contributed by atoms with E-state index in [9.17, 15) is 15.2 Å². The van der Waals surface area contributed by atoms with Crippen LogP contribution in [0, 0.1) is 17.0 Å². The normalized spacial score (nSPS) is 10.8. The van der Waals surface area contributed by atoms with Crippen LogP contribution in [-0.2, 0) is 0 Å². The Morgan fingerprint density at radius 2 is 1.95 bits per heavy atom. The predicted octanol–water partition coefficient (Wildman–Crippen LogP) is 3.08. The molecule has 2 aromatic carbocycles. The van der Waals surface area contributed by atoms with Crippen LogP contribution >= 0.6 is 11.6 Å². The van der Waals surface area contributed by atoms with Crippen molar-refractivity contribution < 1.29 is 10.0 Å². The first-order valence-electron chi connectivity index (χ1n) is 5.98. The topological polar surface area (TPSA) is 90.6 Å². The van der Waals surface area contributed by atoms with E-state index in [2.05, 4.69) is 10.5 Å². The van der Waals surface area contributed by atoms with Crippen LogP contribution in [0.4, 0.5) is 11.4 Å². The number of hydrazone groups is 1. The minimum absolute atomic E-state index is 0.0498. The van der Waals surface area contributed by atoms with Crippen molar-refractivity contribution >= 4 is 29.2 Å². The van der Waals surface area contributed by atoms with Crippen molar-refractivity contribution in [1.29, 1.82) is 0 Å². The Bertz CT molecular complexity index is 699. The summed E-state index contributed by atoms with van der Waals surface area (Å²) < 4.78 is 0. The Labute approximate surface area is 125 Å². The molecule has 0 aromatic heterocycles. The summed E-state index contributed by atoms with van der Waals surface area (Å²) in [4.78, 5) is 9.98. The molecule has 0 saturated heterocycles. The largest absolute Gasteiger partial charge is 0.867 e. The van der Waals surface area contributed by atoms with E-state index in [-0.39, 0.29) is 10.6 Å². The van der Waals surface area contributed by atoms with Crippen LogP contribution < -0.4 is 10.5 Å². The fourth-order valence-electron chi connectivity index (χ4n) is 1.64. The molecule has 0 amide bonds. The Hall–Kier alpha value is -2.60. The highest BCUT2D eigenvalue weighted by Crippen LogP contribution is 2.29. The Morgan fingerprint density at radius 3 is 2.57 bits per heavy atom. The molecule has 0 heterocycles. The molecule has 0 aliphatic rings. The maximum atomic E-state index is 11.8. The standard InChI is InChI=1S/C14H12ClN3O3/c1-9-2-4-12(5-3-9)17-16-8-10-6-11(15)7-13(14(10)19)18(20)21/h2-8,17,19H,1H3/p-1/b16-8-. The fourth-order valence-corrected chi connectivity index (χ4v) is 1.86. The summed E-state index contributed by atoms with van der Waals surface area (Å²) in [7, 11) is 0. The number of halogens is 1. The highest BCUT2D eigenvalue weighted by molar-refractivity contribution is 6.31. The minimum Gasteiger partial charge on any atom is -0.867 e. The van der Waals surface area contributed by atoms with Gasteiger partial charge in [-0.2, -0.15) is 5.10 Å². The van der Waals surface area contributed by atoms with E-state index >= 15 is 0 Å². The van der Waals surface area contributed by atoms with Gasteiger partial charge in [0.15, 0.2) is 0 Å². The first kappa shape index (κ1) is 14.8. The lowest BCUT2D eigenvalue weighted by molar-refractivity contribution is -0.398. The molecule has 0 bridgehead atoms. The van der Waals surface area contributed by atoms with Gasteiger partial charge in [0.1, 0.15) is 0 Å². The Morgan fingerprint density at radius 1 is 1.29 bits per heavy atom. The lowest BCUT2D eigenvalue weighted by atomic mass is 10.2. The average molecular weight is 305 g/mol. The number of aryl methyl sites for hydroxylation is 1. The van der Waals surface area contributed by atoms with E-state index in [1.54, 1.807) is 0 Å². The number of nitro groups is 1. The van der Waals surface area contributed by atoms with Gasteiger partial charge in [-0.3, -0.25) is 15.5 Å². The van der Waals surface area contributed by atoms with Gasteiger partial charge in [-0.25, -0.2) is 0 Å². The van der Waals surface area contributed by atoms with Crippen LogP contribution in [0.3, 0.4) is 0 Å². The molecule has 2 aromatic rings. The van der Waals surface area contributed by atoms with Gasteiger partial charge in [0.05, 0.1) is 16.8 Å². The van der Waals surface area contributed by atoms with Crippen molar-refractivity contribution in [3.05, 3.63) is 62.7 Å². The summed E-state index contributed by atoms with van der Waals surface area (Å²) in [6.45, 7) is 1.96. The SMILES string of the molecule is Cc1ccc(N/N=C\c2cc(Cl)cc([N+](=O)[O-])c2[O-])cc1. The van der Waals surface area contributed by atoms with E-state index in [1.165, 1.54) is 12.3 Å². The van der Waals surface area contributed by atoms with Gasteiger partial charge in [0.2, 0.25) is 0 Å². The van der Waals surface area contributed by atoms with Crippen LogP contribution in [0.5, 0.6) is 5.75 Å². The summed E-state index contributed by atoms with van der Waals surface area (Å²) >= 11 is 5.75. The zero-order chi connectivity index (χ0) is 15.4. The summed E-state index contributed by atoms with van der Waals surface area (Å²) in [6.07, 6.45) is 1.21. The number of anilines is 1. The molecule has 0 saturated carbocycles. The summed E-state index contributed by atoms with van der Waals surface area (Å²) in [5.74, 6) is -0.723. The summed E-state index contributed by atoms with van der Waals surface area (Å²) in [6, 6.07) is 9.81. The molecule has 2 rings (SSSR count). The van der Waals surface area contributed by atoms with Crippen LogP contribution in [0.2, 0.25) is 5.02 Å². The third-order valence-electron chi connectivity index (χ3n) is 2.71. The first-order valence-corrected chi connectivity index (χ1v) is 6.36. The highest BCUT2D eigenvalue weighted by atomic mass is 35.5. The molecule has 21 heavy (non-hydrogen) atoms. The molecular weight excluding hydrogens is 294 g/mol. The molecule has 7 heteroatoms. The Balaban J connectivity index is 2.21. The van der Waals surface area contributed by atoms with Gasteiger partial charge in [-0.1, -0.05) is 29.3 Å². The lowest BCUT2D eigenvalue weighted by Crippen LogP contribution is -2.02. The van der Waals surface area contributed by atoms with Gasteiger partial charge >= 0.3 is 0 Å². The molecule has 0 fully saturated rings. The zero-order valence-corrected chi connectivity index (χ0v) is 11.8. The third-order valence-corrected chi connectivity index (χ3v) is 2.93. The number of hydrogen-bond acceptors (Lipinski definition) is 5. The van der Waals surface area contributed by atoms with E-state index < -0.39 is 16.4 Å². The van der Waals surface area contributed by atoms with Crippen LogP contribution in [0.1, 0.15) is 11.1 Å². The van der Waals surface area contributed by atoms with Gasteiger partial charge in [0.25, 0.3) is 5.69 Å². The second kappa shape index (κ2) is 6.23. The molecule has 108 valence electrons. The van der Waals surface area contributed by atoms with Gasteiger partial charge in [-0.05, 0) is 36.4 Å². The average Bonchev–Trinajstić information content (AvgIpc) is 2.44. The van der Waals surface area contributed by atoms with Gasteiger partial charge < -0.3 is 5.11 Å². The first-order chi connectivity index (χ1) is 9.97. The predicted molar refractivity (Wildman–Crippen MR) is 79.9 cm³/mol. The molecule has 0 aliphatic carbocycles. The van der Waals surface area contributed by atoms with E-state index in [0.717, 1.165) is 17.3 Å². The van der Waals surface area contributed by atoms with Crippen molar-refractivity contribution in [2.45, 2.75) is 6.92 Å². The minimum atomic E-state index is -0.765. The molecule has 6 nitrogen and oxygen atoms in total. The van der Waals surface area contributed by atoms with E-state index in [0.29, 0.717) is 0 Å². The number of benzene rings is 2. The van der Waals surface area contributed by atoms with E-state index in [4.69, 9.17) is 11.6 Å². The quantitative estimate of drug-likeness (QED) is 0.534. The van der Waals surface area contributed by atoms with Crippen molar-refractivity contribution in [3.63, 3.8) is 0 Å². The molecule has 1 N–H and O–H groups in total. The van der Waals surface area contributed by atoms with Crippen molar-refractivity contribution in [1.82, 2.24) is 0 Å². The third kappa shape index (κ3) is 3.70. The summed E-state index contributed by atoms with van der Waals surface area (Å²) in [5.41, 5.74) is 4.06. The van der Waals surface area contributed by atoms with Gasteiger partial charge in [-0.15, -0.1) is 0 Å². The molecular formula is C14H11ClN3O3-. The lowest BCUT2D eigenvalue weighted by Gasteiger charge is -2.10. The van der Waals surface area contributed by atoms with Crippen LogP contribution in [0.15, 0.2) is 41.5 Å². The Kier molecular flexibility index (Phi) is 4.39. The maximum Gasteiger partial charge on any atom is 0.263 e. The number of hydrogen-bond donors (Lipinski definition) is 1. The van der Waals surface area contributed by atoms with Crippen molar-refractivity contribution in [2.75, 3.05) is 5.43 Å². The van der Waals surface area contributed by atoms with E-state index in [1.807, 2.05) is 31.2 Å². The number of nitro benzene ring substituents is 1. The zero-order valence-electron chi connectivity index (χ0n) is 11.0. The molecule has 0 radical (unpaired) electrons. The number of rotatable bonds is 4. The highest BCUT2D eigenvalue weighted by Gasteiger charge is 2.11. The van der Waals surface area contributed by atoms with Crippen LogP contribution in [0.25, 0.3) is 0 Å². The second-order valence-electron chi connectivity index (χ2n) is 4.34. The molecule has 0 atom stereocenters. The number of nitrogens with zero attached hydrogens (tertiary/aromatic N) is 2. The molecule has 0 unspecified atom stereocenters. The molecule has 0 spiro atoms. The smallest absolute Gasteiger partial charge is 0.263 e.